The van der Waals surface area contributed by atoms with Crippen molar-refractivity contribution in [1.82, 2.24) is 10.2 Å². The maximum absolute atomic E-state index is 12.7. The number of anilines is 2. The van der Waals surface area contributed by atoms with Gasteiger partial charge in [0.15, 0.2) is 5.11 Å². The van der Waals surface area contributed by atoms with Crippen LogP contribution in [0.2, 0.25) is 0 Å². The van der Waals surface area contributed by atoms with Gasteiger partial charge in [0.05, 0.1) is 24.0 Å². The van der Waals surface area contributed by atoms with Crippen LogP contribution >= 0.6 is 12.2 Å². The van der Waals surface area contributed by atoms with Gasteiger partial charge in [-0.05, 0) is 42.9 Å². The molecular weight excluding hydrogens is 400 g/mol. The summed E-state index contributed by atoms with van der Waals surface area (Å²) in [5.41, 5.74) is 3.08. The largest absolute Gasteiger partial charge is 0.496 e. The maximum Gasteiger partial charge on any atom is 0.261 e. The van der Waals surface area contributed by atoms with E-state index in [1.165, 1.54) is 7.11 Å². The smallest absolute Gasteiger partial charge is 0.261 e. The minimum absolute atomic E-state index is 0.0940. The van der Waals surface area contributed by atoms with Crippen molar-refractivity contribution in [2.24, 2.45) is 0 Å². The Labute approximate surface area is 182 Å². The number of amides is 2. The summed E-state index contributed by atoms with van der Waals surface area (Å²) in [7, 11) is 1.54. The SMILES string of the molecule is COc1c(C)cccc1C(=O)NC(=S)Nc1ccccc1N1CCN(C(C)=O)CC1. The van der Waals surface area contributed by atoms with Gasteiger partial charge in [0.2, 0.25) is 5.91 Å². The Bertz CT molecular complexity index is 955. The summed E-state index contributed by atoms with van der Waals surface area (Å²) in [4.78, 5) is 28.3. The molecule has 0 atom stereocenters. The topological polar surface area (TPSA) is 73.9 Å². The van der Waals surface area contributed by atoms with Gasteiger partial charge < -0.3 is 19.9 Å². The predicted molar refractivity (Wildman–Crippen MR) is 122 cm³/mol. The number of benzene rings is 2. The molecule has 0 radical (unpaired) electrons. The summed E-state index contributed by atoms with van der Waals surface area (Å²) in [6.45, 7) is 6.30. The number of carbonyl (C=O) groups excluding carboxylic acids is 2. The Kier molecular flexibility index (Phi) is 6.89. The number of rotatable bonds is 4. The number of hydrogen-bond acceptors (Lipinski definition) is 5. The third kappa shape index (κ3) is 4.88. The average Bonchev–Trinajstić information content (AvgIpc) is 2.74. The Morgan fingerprint density at radius 2 is 1.73 bits per heavy atom. The van der Waals surface area contributed by atoms with Crippen molar-refractivity contribution in [3.05, 3.63) is 53.6 Å². The molecule has 0 unspecified atom stereocenters. The van der Waals surface area contributed by atoms with Crippen molar-refractivity contribution in [2.45, 2.75) is 13.8 Å². The zero-order valence-electron chi connectivity index (χ0n) is 17.4. The number of methoxy groups -OCH3 is 1. The molecule has 1 aliphatic rings. The van der Waals surface area contributed by atoms with Crippen LogP contribution in [-0.4, -0.2) is 55.1 Å². The first-order chi connectivity index (χ1) is 14.4. The molecule has 2 amide bonds. The van der Waals surface area contributed by atoms with E-state index in [1.54, 1.807) is 19.1 Å². The van der Waals surface area contributed by atoms with E-state index < -0.39 is 0 Å². The monoisotopic (exact) mass is 426 g/mol. The van der Waals surface area contributed by atoms with E-state index in [4.69, 9.17) is 17.0 Å². The van der Waals surface area contributed by atoms with E-state index in [2.05, 4.69) is 15.5 Å². The lowest BCUT2D eigenvalue weighted by Gasteiger charge is -2.36. The fraction of sp³-hybridized carbons (Fsp3) is 0.318. The molecule has 2 aromatic carbocycles. The lowest BCUT2D eigenvalue weighted by Crippen LogP contribution is -2.48. The van der Waals surface area contributed by atoms with Crippen LogP contribution in [0.5, 0.6) is 5.75 Å². The third-order valence-corrected chi connectivity index (χ3v) is 5.31. The summed E-state index contributed by atoms with van der Waals surface area (Å²) in [5.74, 6) is 0.290. The first-order valence-corrected chi connectivity index (χ1v) is 10.2. The zero-order chi connectivity index (χ0) is 21.7. The van der Waals surface area contributed by atoms with Gasteiger partial charge in [0, 0.05) is 33.1 Å². The van der Waals surface area contributed by atoms with Gasteiger partial charge in [-0.25, -0.2) is 0 Å². The number of nitrogens with one attached hydrogen (secondary N) is 2. The second kappa shape index (κ2) is 9.58. The molecule has 0 saturated carbocycles. The molecule has 1 fully saturated rings. The van der Waals surface area contributed by atoms with Crippen LogP contribution in [0.4, 0.5) is 11.4 Å². The fourth-order valence-electron chi connectivity index (χ4n) is 3.54. The highest BCUT2D eigenvalue weighted by atomic mass is 32.1. The Morgan fingerprint density at radius 1 is 1.03 bits per heavy atom. The summed E-state index contributed by atoms with van der Waals surface area (Å²) in [5, 5.41) is 6.07. The van der Waals surface area contributed by atoms with Crippen molar-refractivity contribution < 1.29 is 14.3 Å². The average molecular weight is 427 g/mol. The Balaban J connectivity index is 1.69. The number of nitrogens with zero attached hydrogens (tertiary/aromatic N) is 2. The molecule has 3 rings (SSSR count). The normalized spacial score (nSPS) is 13.6. The number of hydrogen-bond donors (Lipinski definition) is 2. The number of piperazine rings is 1. The molecule has 7 nitrogen and oxygen atoms in total. The molecule has 30 heavy (non-hydrogen) atoms. The molecule has 1 aliphatic heterocycles. The molecule has 1 saturated heterocycles. The molecule has 1 heterocycles. The van der Waals surface area contributed by atoms with Gasteiger partial charge >= 0.3 is 0 Å². The lowest BCUT2D eigenvalue weighted by molar-refractivity contribution is -0.129. The van der Waals surface area contributed by atoms with E-state index in [9.17, 15) is 9.59 Å². The highest BCUT2D eigenvalue weighted by Gasteiger charge is 2.21. The first kappa shape index (κ1) is 21.6. The molecule has 2 aromatic rings. The maximum atomic E-state index is 12.7. The summed E-state index contributed by atoms with van der Waals surface area (Å²) in [6.07, 6.45) is 0. The molecule has 0 aliphatic carbocycles. The van der Waals surface area contributed by atoms with Crippen LogP contribution < -0.4 is 20.3 Å². The van der Waals surface area contributed by atoms with Crippen molar-refractivity contribution in [3.63, 3.8) is 0 Å². The van der Waals surface area contributed by atoms with E-state index in [0.29, 0.717) is 24.4 Å². The van der Waals surface area contributed by atoms with Gasteiger partial charge in [-0.1, -0.05) is 24.3 Å². The summed E-state index contributed by atoms with van der Waals surface area (Å²) < 4.78 is 5.36. The molecule has 0 aromatic heterocycles. The second-order valence-electron chi connectivity index (χ2n) is 7.07. The van der Waals surface area contributed by atoms with Crippen LogP contribution in [0.25, 0.3) is 0 Å². The van der Waals surface area contributed by atoms with Gasteiger partial charge in [0.1, 0.15) is 5.75 Å². The first-order valence-electron chi connectivity index (χ1n) is 9.76. The van der Waals surface area contributed by atoms with Gasteiger partial charge in [0.25, 0.3) is 5.91 Å². The molecule has 0 bridgehead atoms. The van der Waals surface area contributed by atoms with Gasteiger partial charge in [-0.3, -0.25) is 14.9 Å². The quantitative estimate of drug-likeness (QED) is 0.733. The molecule has 0 spiro atoms. The second-order valence-corrected chi connectivity index (χ2v) is 7.48. The van der Waals surface area contributed by atoms with Crippen LogP contribution in [0.1, 0.15) is 22.8 Å². The van der Waals surface area contributed by atoms with Crippen LogP contribution in [-0.2, 0) is 4.79 Å². The molecule has 8 heteroatoms. The summed E-state index contributed by atoms with van der Waals surface area (Å²) in [6, 6.07) is 13.2. The van der Waals surface area contributed by atoms with E-state index in [0.717, 1.165) is 30.0 Å². The molecule has 158 valence electrons. The van der Waals surface area contributed by atoms with Gasteiger partial charge in [-0.15, -0.1) is 0 Å². The minimum atomic E-state index is -0.333. The summed E-state index contributed by atoms with van der Waals surface area (Å²) >= 11 is 5.38. The number of thiocarbonyl (C=S) groups is 1. The van der Waals surface area contributed by atoms with Crippen LogP contribution in [0.3, 0.4) is 0 Å². The third-order valence-electron chi connectivity index (χ3n) is 5.11. The number of carbonyl (C=O) groups is 2. The Morgan fingerprint density at radius 3 is 2.40 bits per heavy atom. The molecular formula is C22H26N4O3S. The van der Waals surface area contributed by atoms with Crippen molar-refractivity contribution in [2.75, 3.05) is 43.5 Å². The van der Waals surface area contributed by atoms with Crippen LogP contribution in [0.15, 0.2) is 42.5 Å². The standard InChI is InChI=1S/C22H26N4O3S/c1-15-7-6-8-17(20(15)29-3)21(28)24-22(30)23-18-9-4-5-10-19(18)26-13-11-25(12-14-26)16(2)27/h4-10H,11-14H2,1-3H3,(H2,23,24,28,30). The number of ether oxygens (including phenoxy) is 1. The number of aryl methyl sites for hydroxylation is 1. The van der Waals surface area contributed by atoms with E-state index in [1.807, 2.05) is 42.2 Å². The highest BCUT2D eigenvalue weighted by molar-refractivity contribution is 7.80. The van der Waals surface area contributed by atoms with E-state index >= 15 is 0 Å². The van der Waals surface area contributed by atoms with Gasteiger partial charge in [-0.2, -0.15) is 0 Å². The highest BCUT2D eigenvalue weighted by Crippen LogP contribution is 2.27. The van der Waals surface area contributed by atoms with Crippen molar-refractivity contribution in [3.8, 4) is 5.75 Å². The lowest BCUT2D eigenvalue weighted by atomic mass is 10.1. The van der Waals surface area contributed by atoms with E-state index in [-0.39, 0.29) is 16.9 Å². The fourth-order valence-corrected chi connectivity index (χ4v) is 3.75. The number of para-hydroxylation sites is 3. The van der Waals surface area contributed by atoms with Crippen molar-refractivity contribution in [1.29, 1.82) is 0 Å². The van der Waals surface area contributed by atoms with Crippen LogP contribution in [0, 0.1) is 6.92 Å². The van der Waals surface area contributed by atoms with Crippen molar-refractivity contribution >= 4 is 40.5 Å². The predicted octanol–water partition coefficient (Wildman–Crippen LogP) is 2.80. The Hall–Kier alpha value is -3.13. The minimum Gasteiger partial charge on any atom is -0.496 e. The molecule has 2 N–H and O–H groups in total. The zero-order valence-corrected chi connectivity index (χ0v) is 18.2.